The number of methoxy groups -OCH3 is 1. The minimum atomic E-state index is -5.82. The van der Waals surface area contributed by atoms with Gasteiger partial charge in [0.1, 0.15) is 5.75 Å². The number of halogens is 6. The number of hydrogen-bond acceptors (Lipinski definition) is 3. The number of ether oxygens (including phenoxy) is 1. The standard InChI is InChI=1S/C23H28F6N2O2/c1-33-18-5-3-2-4-17(18)19(32)31-21(22(24,25)26,23(27,28)29)30-7-6-20-11-14-8-15(12-20)10-16(9-14)13-20/h2-5,14-16,30H,6-13H2,1H3,(H,31,32). The lowest BCUT2D eigenvalue weighted by Crippen LogP contribution is -2.75. The molecule has 4 aliphatic carbocycles. The zero-order valence-electron chi connectivity index (χ0n) is 18.3. The molecule has 0 unspecified atom stereocenters. The normalized spacial score (nSPS) is 29.2. The lowest BCUT2D eigenvalue weighted by Gasteiger charge is -2.57. The summed E-state index contributed by atoms with van der Waals surface area (Å²) in [7, 11) is 1.18. The molecule has 0 aromatic heterocycles. The molecule has 4 aliphatic rings. The molecule has 0 spiro atoms. The van der Waals surface area contributed by atoms with Crippen LogP contribution in [0, 0.1) is 23.2 Å². The van der Waals surface area contributed by atoms with Crippen molar-refractivity contribution in [2.45, 2.75) is 63.0 Å². The van der Waals surface area contributed by atoms with Gasteiger partial charge >= 0.3 is 12.4 Å². The Hall–Kier alpha value is -1.97. The van der Waals surface area contributed by atoms with Gasteiger partial charge in [-0.2, -0.15) is 26.3 Å². The lowest BCUT2D eigenvalue weighted by molar-refractivity contribution is -0.314. The summed E-state index contributed by atoms with van der Waals surface area (Å²) in [6.07, 6.45) is -5.47. The molecule has 4 nitrogen and oxygen atoms in total. The van der Waals surface area contributed by atoms with E-state index in [1.54, 1.807) is 5.32 Å². The second-order valence-electron chi connectivity index (χ2n) is 9.99. The van der Waals surface area contributed by atoms with Crippen molar-refractivity contribution in [1.82, 2.24) is 10.6 Å². The molecule has 10 heteroatoms. The summed E-state index contributed by atoms with van der Waals surface area (Å²) in [5, 5.41) is 2.93. The summed E-state index contributed by atoms with van der Waals surface area (Å²) in [5.74, 6) is -0.0734. The van der Waals surface area contributed by atoms with Crippen LogP contribution in [0.15, 0.2) is 24.3 Å². The van der Waals surface area contributed by atoms with Crippen molar-refractivity contribution in [2.75, 3.05) is 13.7 Å². The van der Waals surface area contributed by atoms with Crippen LogP contribution in [-0.2, 0) is 0 Å². The molecule has 4 fully saturated rings. The second kappa shape index (κ2) is 8.36. The fourth-order valence-electron chi connectivity index (χ4n) is 6.73. The molecule has 1 aromatic rings. The number of benzene rings is 1. The van der Waals surface area contributed by atoms with Crippen LogP contribution in [0.3, 0.4) is 0 Å². The number of alkyl halides is 6. The van der Waals surface area contributed by atoms with E-state index in [2.05, 4.69) is 0 Å². The van der Waals surface area contributed by atoms with Crippen molar-refractivity contribution in [3.05, 3.63) is 29.8 Å². The van der Waals surface area contributed by atoms with Crippen molar-refractivity contribution in [1.29, 1.82) is 0 Å². The third kappa shape index (κ3) is 4.42. The molecule has 5 rings (SSSR count). The predicted molar refractivity (Wildman–Crippen MR) is 109 cm³/mol. The number of para-hydroxylation sites is 1. The number of amides is 1. The minimum Gasteiger partial charge on any atom is -0.496 e. The Morgan fingerprint density at radius 1 is 0.970 bits per heavy atom. The molecule has 0 aliphatic heterocycles. The maximum absolute atomic E-state index is 14.0. The number of nitrogens with one attached hydrogen (secondary N) is 2. The Morgan fingerprint density at radius 2 is 1.48 bits per heavy atom. The first-order chi connectivity index (χ1) is 15.4. The van der Waals surface area contributed by atoms with Gasteiger partial charge in [0.2, 0.25) is 0 Å². The molecule has 0 heterocycles. The van der Waals surface area contributed by atoms with Crippen LogP contribution in [0.4, 0.5) is 26.3 Å². The molecule has 4 bridgehead atoms. The first-order valence-electron chi connectivity index (χ1n) is 11.2. The maximum Gasteiger partial charge on any atom is 0.434 e. The van der Waals surface area contributed by atoms with E-state index in [1.165, 1.54) is 30.6 Å². The zero-order chi connectivity index (χ0) is 24.1. The molecule has 2 N–H and O–H groups in total. The van der Waals surface area contributed by atoms with E-state index in [0.717, 1.165) is 44.6 Å². The summed E-state index contributed by atoms with van der Waals surface area (Å²) in [4.78, 5) is 12.6. The second-order valence-corrected chi connectivity index (χ2v) is 9.99. The van der Waals surface area contributed by atoms with E-state index in [1.807, 2.05) is 0 Å². The van der Waals surface area contributed by atoms with E-state index < -0.39 is 36.0 Å². The monoisotopic (exact) mass is 478 g/mol. The van der Waals surface area contributed by atoms with E-state index >= 15 is 0 Å². The predicted octanol–water partition coefficient (Wildman–Crippen LogP) is 5.44. The smallest absolute Gasteiger partial charge is 0.434 e. The van der Waals surface area contributed by atoms with Crippen LogP contribution >= 0.6 is 0 Å². The molecule has 33 heavy (non-hydrogen) atoms. The Kier molecular flexibility index (Phi) is 6.12. The number of rotatable bonds is 7. The van der Waals surface area contributed by atoms with Gasteiger partial charge in [-0.3, -0.25) is 10.1 Å². The van der Waals surface area contributed by atoms with Crippen LogP contribution in [0.25, 0.3) is 0 Å². The van der Waals surface area contributed by atoms with Gasteiger partial charge in [-0.1, -0.05) is 12.1 Å². The van der Waals surface area contributed by atoms with Crippen LogP contribution in [0.2, 0.25) is 0 Å². The van der Waals surface area contributed by atoms with Crippen molar-refractivity contribution >= 4 is 5.91 Å². The Balaban J connectivity index is 1.55. The summed E-state index contributed by atoms with van der Waals surface area (Å²) in [6, 6.07) is 5.19. The van der Waals surface area contributed by atoms with Gasteiger partial charge in [-0.05, 0) is 86.8 Å². The third-order valence-corrected chi connectivity index (χ3v) is 7.71. The molecule has 1 amide bonds. The summed E-state index contributed by atoms with van der Waals surface area (Å²) in [6.45, 7) is -0.503. The highest BCUT2D eigenvalue weighted by Gasteiger charge is 2.72. The largest absolute Gasteiger partial charge is 0.496 e. The molecular weight excluding hydrogens is 450 g/mol. The SMILES string of the molecule is COc1ccccc1C(=O)NC(NCCC12CC3CC(CC(C3)C1)C2)(C(F)(F)F)C(F)(F)F. The average molecular weight is 478 g/mol. The van der Waals surface area contributed by atoms with Gasteiger partial charge in [0, 0.05) is 0 Å². The average Bonchev–Trinajstić information content (AvgIpc) is 2.70. The van der Waals surface area contributed by atoms with Crippen LogP contribution in [-0.4, -0.2) is 37.6 Å². The fourth-order valence-corrected chi connectivity index (χ4v) is 6.73. The summed E-state index contributed by atoms with van der Waals surface area (Å²) >= 11 is 0. The Labute approximate surface area is 188 Å². The summed E-state index contributed by atoms with van der Waals surface area (Å²) in [5.41, 5.74) is -5.20. The first kappa shape index (κ1) is 24.2. The number of carbonyl (C=O) groups is 1. The van der Waals surface area contributed by atoms with Gasteiger partial charge in [0.15, 0.2) is 0 Å². The summed E-state index contributed by atoms with van der Waals surface area (Å²) < 4.78 is 88.8. The first-order valence-corrected chi connectivity index (χ1v) is 11.2. The highest BCUT2D eigenvalue weighted by molar-refractivity contribution is 5.97. The fraction of sp³-hybridized carbons (Fsp3) is 0.696. The van der Waals surface area contributed by atoms with E-state index in [4.69, 9.17) is 4.74 Å². The van der Waals surface area contributed by atoms with Crippen molar-refractivity contribution in [3.8, 4) is 5.75 Å². The van der Waals surface area contributed by atoms with Crippen LogP contribution in [0.5, 0.6) is 5.75 Å². The van der Waals surface area contributed by atoms with Gasteiger partial charge in [-0.25, -0.2) is 0 Å². The molecule has 0 atom stereocenters. The van der Waals surface area contributed by atoms with E-state index in [0.29, 0.717) is 17.8 Å². The molecule has 1 aromatic carbocycles. The Morgan fingerprint density at radius 3 is 1.97 bits per heavy atom. The van der Waals surface area contributed by atoms with Gasteiger partial charge in [-0.15, -0.1) is 0 Å². The highest BCUT2D eigenvalue weighted by Crippen LogP contribution is 2.61. The molecule has 184 valence electrons. The third-order valence-electron chi connectivity index (χ3n) is 7.71. The maximum atomic E-state index is 14.0. The molecular formula is C23H28F6N2O2. The molecule has 0 saturated heterocycles. The Bertz CT molecular complexity index is 833. The zero-order valence-corrected chi connectivity index (χ0v) is 18.3. The number of hydrogen-bond donors (Lipinski definition) is 2. The van der Waals surface area contributed by atoms with Gasteiger partial charge < -0.3 is 10.1 Å². The molecule has 4 saturated carbocycles. The quantitative estimate of drug-likeness (QED) is 0.405. The van der Waals surface area contributed by atoms with E-state index in [9.17, 15) is 31.1 Å². The molecule has 0 radical (unpaired) electrons. The van der Waals surface area contributed by atoms with Crippen molar-refractivity contribution in [2.24, 2.45) is 23.2 Å². The van der Waals surface area contributed by atoms with Crippen LogP contribution in [0.1, 0.15) is 55.3 Å². The van der Waals surface area contributed by atoms with E-state index in [-0.39, 0.29) is 17.6 Å². The van der Waals surface area contributed by atoms with Crippen molar-refractivity contribution < 1.29 is 35.9 Å². The minimum absolute atomic E-state index is 0.123. The highest BCUT2D eigenvalue weighted by atomic mass is 19.4. The lowest BCUT2D eigenvalue weighted by atomic mass is 9.49. The number of carbonyl (C=O) groups excluding carboxylic acids is 1. The van der Waals surface area contributed by atoms with Crippen LogP contribution < -0.4 is 15.4 Å². The van der Waals surface area contributed by atoms with Gasteiger partial charge in [0.05, 0.1) is 12.7 Å². The van der Waals surface area contributed by atoms with Gasteiger partial charge in [0.25, 0.3) is 11.6 Å². The topological polar surface area (TPSA) is 50.4 Å². The van der Waals surface area contributed by atoms with Crippen molar-refractivity contribution in [3.63, 3.8) is 0 Å².